The second-order valence-electron chi connectivity index (χ2n) is 4.30. The van der Waals surface area contributed by atoms with Crippen molar-refractivity contribution in [2.45, 2.75) is 18.5 Å². The molecule has 0 unspecified atom stereocenters. The van der Waals surface area contributed by atoms with Gasteiger partial charge in [-0.15, -0.1) is 0 Å². The minimum atomic E-state index is -3.92. The van der Waals surface area contributed by atoms with Gasteiger partial charge < -0.3 is 5.73 Å². The molecule has 1 heterocycles. The predicted molar refractivity (Wildman–Crippen MR) is 74.1 cm³/mol. The Kier molecular flexibility index (Phi) is 4.01. The first-order valence-corrected chi connectivity index (χ1v) is 7.34. The van der Waals surface area contributed by atoms with E-state index in [0.717, 1.165) is 0 Å². The zero-order valence-electron chi connectivity index (χ0n) is 10.8. The van der Waals surface area contributed by atoms with Crippen molar-refractivity contribution in [3.05, 3.63) is 53.5 Å². The molecule has 0 aliphatic rings. The van der Waals surface area contributed by atoms with E-state index in [9.17, 15) is 12.8 Å². The van der Waals surface area contributed by atoms with Crippen LogP contribution >= 0.6 is 0 Å². The van der Waals surface area contributed by atoms with Crippen molar-refractivity contribution in [3.63, 3.8) is 0 Å². The minimum Gasteiger partial charge on any atom is -0.326 e. The van der Waals surface area contributed by atoms with Crippen LogP contribution < -0.4 is 10.5 Å². The number of aryl methyl sites for hydroxylation is 1. The van der Waals surface area contributed by atoms with Crippen molar-refractivity contribution < 1.29 is 12.8 Å². The Hall–Kier alpha value is -1.99. The Morgan fingerprint density at radius 2 is 2.05 bits per heavy atom. The Morgan fingerprint density at radius 3 is 2.60 bits per heavy atom. The second kappa shape index (κ2) is 5.56. The zero-order valence-corrected chi connectivity index (χ0v) is 11.6. The van der Waals surface area contributed by atoms with Crippen LogP contribution in [0.15, 0.2) is 41.6 Å². The largest absolute Gasteiger partial charge is 0.326 e. The van der Waals surface area contributed by atoms with Gasteiger partial charge in [0.05, 0.1) is 5.69 Å². The minimum absolute atomic E-state index is 0.111. The molecule has 0 aliphatic carbocycles. The molecule has 1 aromatic heterocycles. The Labute approximate surface area is 116 Å². The number of halogens is 1. The number of hydrogen-bond donors (Lipinski definition) is 2. The first-order valence-electron chi connectivity index (χ1n) is 5.86. The molecule has 0 bridgehead atoms. The van der Waals surface area contributed by atoms with Crippen LogP contribution in [0.25, 0.3) is 0 Å². The molecule has 5 nitrogen and oxygen atoms in total. The van der Waals surface area contributed by atoms with Gasteiger partial charge in [0, 0.05) is 12.7 Å². The number of hydrogen-bond acceptors (Lipinski definition) is 4. The highest BCUT2D eigenvalue weighted by Gasteiger charge is 2.17. The molecule has 3 N–H and O–H groups in total. The highest BCUT2D eigenvalue weighted by atomic mass is 32.2. The zero-order chi connectivity index (χ0) is 14.8. The number of sulfonamides is 1. The fourth-order valence-corrected chi connectivity index (χ4v) is 2.59. The Bertz CT molecular complexity index is 715. The summed E-state index contributed by atoms with van der Waals surface area (Å²) in [6, 6.07) is 7.13. The average molecular weight is 295 g/mol. The first kappa shape index (κ1) is 14.4. The number of anilines is 1. The van der Waals surface area contributed by atoms with Crippen molar-refractivity contribution in [2.75, 3.05) is 4.72 Å². The van der Waals surface area contributed by atoms with E-state index in [1.807, 2.05) is 0 Å². The summed E-state index contributed by atoms with van der Waals surface area (Å²) in [5.41, 5.74) is 6.72. The number of benzene rings is 1. The fraction of sp³-hybridized carbons (Fsp3) is 0.154. The molecule has 0 aliphatic heterocycles. The van der Waals surface area contributed by atoms with Crippen molar-refractivity contribution in [1.82, 2.24) is 4.98 Å². The Balaban J connectivity index is 2.30. The summed E-state index contributed by atoms with van der Waals surface area (Å²) in [5.74, 6) is -0.632. The molecule has 2 rings (SSSR count). The van der Waals surface area contributed by atoms with Crippen LogP contribution in [-0.4, -0.2) is 13.4 Å². The van der Waals surface area contributed by atoms with Crippen molar-refractivity contribution in [1.29, 1.82) is 0 Å². The van der Waals surface area contributed by atoms with E-state index in [1.165, 1.54) is 24.4 Å². The maximum Gasteiger partial charge on any atom is 0.279 e. The number of nitrogens with zero attached hydrogens (tertiary/aromatic N) is 1. The van der Waals surface area contributed by atoms with E-state index >= 15 is 0 Å². The predicted octanol–water partition coefficient (Wildman–Crippen LogP) is 1.79. The lowest BCUT2D eigenvalue weighted by atomic mass is 10.2. The molecule has 106 valence electrons. The lowest BCUT2D eigenvalue weighted by Crippen LogP contribution is -2.15. The molecule has 0 fully saturated rings. The monoisotopic (exact) mass is 295 g/mol. The SMILES string of the molecule is Cc1ccc(NS(=O)(=O)c2ccc(CN)cn2)c(F)c1. The second-order valence-corrected chi connectivity index (χ2v) is 5.93. The quantitative estimate of drug-likeness (QED) is 0.900. The van der Waals surface area contributed by atoms with E-state index in [2.05, 4.69) is 9.71 Å². The topological polar surface area (TPSA) is 85.1 Å². The average Bonchev–Trinajstić information content (AvgIpc) is 2.42. The maximum absolute atomic E-state index is 13.7. The molecule has 0 spiro atoms. The van der Waals surface area contributed by atoms with Gasteiger partial charge in [0.25, 0.3) is 10.0 Å². The molecule has 7 heteroatoms. The third-order valence-electron chi connectivity index (χ3n) is 2.68. The highest BCUT2D eigenvalue weighted by molar-refractivity contribution is 7.92. The van der Waals surface area contributed by atoms with E-state index in [0.29, 0.717) is 11.1 Å². The summed E-state index contributed by atoms with van der Waals surface area (Å²) < 4.78 is 40.0. The van der Waals surface area contributed by atoms with Crippen LogP contribution in [0.1, 0.15) is 11.1 Å². The van der Waals surface area contributed by atoms with E-state index in [4.69, 9.17) is 5.73 Å². The molecular formula is C13H14FN3O2S. The smallest absolute Gasteiger partial charge is 0.279 e. The van der Waals surface area contributed by atoms with Gasteiger partial charge in [0.2, 0.25) is 0 Å². The fourth-order valence-electron chi connectivity index (χ4n) is 1.59. The molecule has 20 heavy (non-hydrogen) atoms. The van der Waals surface area contributed by atoms with Crippen LogP contribution in [0.3, 0.4) is 0 Å². The van der Waals surface area contributed by atoms with Gasteiger partial charge in [0.1, 0.15) is 5.82 Å². The summed E-state index contributed by atoms with van der Waals surface area (Å²) in [5, 5.41) is -0.185. The number of nitrogens with two attached hydrogens (primary N) is 1. The molecule has 0 saturated heterocycles. The molecule has 0 amide bonds. The standard InChI is InChI=1S/C13H14FN3O2S/c1-9-2-4-12(11(14)6-9)17-20(18,19)13-5-3-10(7-15)8-16-13/h2-6,8,17H,7,15H2,1H3. The molecule has 2 aromatic rings. The summed E-state index contributed by atoms with van der Waals surface area (Å²) in [6.45, 7) is 1.99. The van der Waals surface area contributed by atoms with Gasteiger partial charge in [-0.05, 0) is 36.2 Å². The molecule has 0 saturated carbocycles. The molecule has 0 radical (unpaired) electrons. The molecule has 0 atom stereocenters. The third-order valence-corrected chi connectivity index (χ3v) is 3.96. The van der Waals surface area contributed by atoms with E-state index in [-0.39, 0.29) is 17.3 Å². The summed E-state index contributed by atoms with van der Waals surface area (Å²) >= 11 is 0. The summed E-state index contributed by atoms with van der Waals surface area (Å²) in [4.78, 5) is 3.81. The van der Waals surface area contributed by atoms with E-state index in [1.54, 1.807) is 19.1 Å². The van der Waals surface area contributed by atoms with Gasteiger partial charge in [-0.2, -0.15) is 8.42 Å². The van der Waals surface area contributed by atoms with Gasteiger partial charge >= 0.3 is 0 Å². The maximum atomic E-state index is 13.7. The van der Waals surface area contributed by atoms with Gasteiger partial charge in [-0.1, -0.05) is 12.1 Å². The lowest BCUT2D eigenvalue weighted by molar-refractivity contribution is 0.595. The lowest BCUT2D eigenvalue weighted by Gasteiger charge is -2.09. The van der Waals surface area contributed by atoms with Crippen molar-refractivity contribution in [2.24, 2.45) is 5.73 Å². The van der Waals surface area contributed by atoms with Crippen LogP contribution in [-0.2, 0) is 16.6 Å². The van der Waals surface area contributed by atoms with Gasteiger partial charge in [0.15, 0.2) is 5.03 Å². The van der Waals surface area contributed by atoms with Gasteiger partial charge in [-0.25, -0.2) is 9.37 Å². The normalized spacial score (nSPS) is 11.3. The van der Waals surface area contributed by atoms with E-state index < -0.39 is 15.8 Å². The number of rotatable bonds is 4. The van der Waals surface area contributed by atoms with Crippen LogP contribution in [0.5, 0.6) is 0 Å². The summed E-state index contributed by atoms with van der Waals surface area (Å²) in [6.07, 6.45) is 1.38. The first-order chi connectivity index (χ1) is 9.42. The molecule has 1 aromatic carbocycles. The number of nitrogens with one attached hydrogen (secondary N) is 1. The van der Waals surface area contributed by atoms with Crippen molar-refractivity contribution in [3.8, 4) is 0 Å². The van der Waals surface area contributed by atoms with Crippen LogP contribution in [0, 0.1) is 12.7 Å². The number of aromatic nitrogens is 1. The van der Waals surface area contributed by atoms with Crippen molar-refractivity contribution >= 4 is 15.7 Å². The van der Waals surface area contributed by atoms with Crippen LogP contribution in [0.2, 0.25) is 0 Å². The highest BCUT2D eigenvalue weighted by Crippen LogP contribution is 2.19. The number of pyridine rings is 1. The van der Waals surface area contributed by atoms with Gasteiger partial charge in [-0.3, -0.25) is 4.72 Å². The third kappa shape index (κ3) is 3.12. The summed E-state index contributed by atoms with van der Waals surface area (Å²) in [7, 11) is -3.92. The molecular weight excluding hydrogens is 281 g/mol. The van der Waals surface area contributed by atoms with Crippen LogP contribution in [0.4, 0.5) is 10.1 Å². The Morgan fingerprint density at radius 1 is 1.30 bits per heavy atom.